The molecule has 0 radical (unpaired) electrons. The highest BCUT2D eigenvalue weighted by atomic mass is 19.1. The van der Waals surface area contributed by atoms with Crippen molar-refractivity contribution in [1.82, 2.24) is 4.57 Å². The summed E-state index contributed by atoms with van der Waals surface area (Å²) in [7, 11) is 0. The molecule has 3 N–H and O–H groups in total. The topological polar surface area (TPSA) is 103 Å². The average Bonchev–Trinajstić information content (AvgIpc) is 3.08. The van der Waals surface area contributed by atoms with E-state index in [9.17, 15) is 18.8 Å². The van der Waals surface area contributed by atoms with Crippen molar-refractivity contribution in [1.29, 1.82) is 0 Å². The van der Waals surface area contributed by atoms with Crippen LogP contribution < -0.4 is 16.6 Å². The quantitative estimate of drug-likeness (QED) is 0.789. The highest BCUT2D eigenvalue weighted by Crippen LogP contribution is 2.34. The molecule has 3 rings (SSSR count). The molecule has 0 spiro atoms. The van der Waals surface area contributed by atoms with Crippen molar-refractivity contribution in [2.24, 2.45) is 17.6 Å². The number of nitrogens with one attached hydrogen (secondary N) is 1. The number of anilines is 1. The number of pyridine rings is 1. The number of hydrogen-bond acceptors (Lipinski definition) is 4. The number of aromatic nitrogens is 1. The monoisotopic (exact) mass is 387 g/mol. The van der Waals surface area contributed by atoms with E-state index in [0.29, 0.717) is 18.7 Å². The lowest BCUT2D eigenvalue weighted by atomic mass is 10.0. The highest BCUT2D eigenvalue weighted by molar-refractivity contribution is 5.93. The van der Waals surface area contributed by atoms with Gasteiger partial charge in [-0.2, -0.15) is 0 Å². The van der Waals surface area contributed by atoms with Crippen LogP contribution in [0.2, 0.25) is 0 Å². The van der Waals surface area contributed by atoms with E-state index in [0.717, 1.165) is 0 Å². The Hall–Kier alpha value is -3.00. The summed E-state index contributed by atoms with van der Waals surface area (Å²) in [6, 6.07) is 8.77. The van der Waals surface area contributed by atoms with Gasteiger partial charge in [0.25, 0.3) is 5.56 Å². The maximum Gasteiger partial charge on any atom is 0.255 e. The van der Waals surface area contributed by atoms with Crippen molar-refractivity contribution in [2.45, 2.75) is 25.9 Å². The highest BCUT2D eigenvalue weighted by Gasteiger charge is 2.41. The molecule has 0 bridgehead atoms. The summed E-state index contributed by atoms with van der Waals surface area (Å²) in [6.45, 7) is 2.22. The predicted molar refractivity (Wildman–Crippen MR) is 101 cm³/mol. The molecule has 1 fully saturated rings. The van der Waals surface area contributed by atoms with E-state index in [1.165, 1.54) is 29.0 Å². The van der Waals surface area contributed by atoms with Crippen molar-refractivity contribution < 1.29 is 18.7 Å². The molecule has 0 unspecified atom stereocenters. The molecule has 1 aromatic heterocycles. The molecular formula is C20H22FN3O4. The first-order valence-electron chi connectivity index (χ1n) is 9.10. The van der Waals surface area contributed by atoms with Crippen LogP contribution in [0.4, 0.5) is 10.1 Å². The average molecular weight is 387 g/mol. The van der Waals surface area contributed by atoms with Crippen LogP contribution in [-0.4, -0.2) is 29.1 Å². The molecule has 1 aromatic carbocycles. The zero-order chi connectivity index (χ0) is 20.3. The number of primary amides is 1. The maximum absolute atomic E-state index is 14.5. The minimum Gasteiger partial charge on any atom is -0.378 e. The molecular weight excluding hydrogens is 365 g/mol. The lowest BCUT2D eigenvalue weighted by molar-refractivity contribution is -0.125. The summed E-state index contributed by atoms with van der Waals surface area (Å²) in [5.74, 6) is -2.58. The predicted octanol–water partition coefficient (Wildman–Crippen LogP) is 1.83. The fourth-order valence-electron chi connectivity index (χ4n) is 3.54. The third kappa shape index (κ3) is 4.12. The van der Waals surface area contributed by atoms with Gasteiger partial charge in [0.05, 0.1) is 23.4 Å². The zero-order valence-electron chi connectivity index (χ0n) is 15.4. The van der Waals surface area contributed by atoms with Crippen LogP contribution in [0.1, 0.15) is 19.8 Å². The first kappa shape index (κ1) is 19.8. The van der Waals surface area contributed by atoms with Crippen LogP contribution in [0.25, 0.3) is 5.69 Å². The normalized spacial score (nSPS) is 21.4. The van der Waals surface area contributed by atoms with Gasteiger partial charge < -0.3 is 15.8 Å². The van der Waals surface area contributed by atoms with E-state index >= 15 is 0 Å². The van der Waals surface area contributed by atoms with Crippen molar-refractivity contribution in [2.75, 3.05) is 11.9 Å². The van der Waals surface area contributed by atoms with E-state index in [1.54, 1.807) is 25.1 Å². The lowest BCUT2D eigenvalue weighted by Gasteiger charge is -2.15. The fraction of sp³-hybridized carbons (Fsp3) is 0.350. The number of nitrogens with two attached hydrogens (primary N) is 1. The van der Waals surface area contributed by atoms with Gasteiger partial charge >= 0.3 is 0 Å². The molecule has 8 heteroatoms. The van der Waals surface area contributed by atoms with E-state index < -0.39 is 35.6 Å². The number of carbonyl (C=O) groups is 2. The third-order valence-electron chi connectivity index (χ3n) is 4.93. The van der Waals surface area contributed by atoms with Gasteiger partial charge in [-0.3, -0.25) is 19.0 Å². The van der Waals surface area contributed by atoms with Gasteiger partial charge in [-0.25, -0.2) is 4.39 Å². The van der Waals surface area contributed by atoms with Crippen molar-refractivity contribution >= 4 is 17.5 Å². The largest absolute Gasteiger partial charge is 0.378 e. The van der Waals surface area contributed by atoms with Gasteiger partial charge in [0, 0.05) is 30.9 Å². The summed E-state index contributed by atoms with van der Waals surface area (Å²) in [5.41, 5.74) is 5.48. The lowest BCUT2D eigenvalue weighted by Crippen LogP contribution is -2.31. The van der Waals surface area contributed by atoms with Gasteiger partial charge in [0.2, 0.25) is 11.8 Å². The Balaban J connectivity index is 1.73. The van der Waals surface area contributed by atoms with E-state index in [4.69, 9.17) is 10.5 Å². The number of ether oxygens (including phenoxy) is 1. The molecule has 28 heavy (non-hydrogen) atoms. The number of nitrogens with zero attached hydrogens (tertiary/aromatic N) is 1. The molecule has 1 heterocycles. The summed E-state index contributed by atoms with van der Waals surface area (Å²) in [5, 5.41) is 2.56. The first-order chi connectivity index (χ1) is 13.4. The Morgan fingerprint density at radius 3 is 2.71 bits per heavy atom. The van der Waals surface area contributed by atoms with Gasteiger partial charge in [-0.15, -0.1) is 0 Å². The summed E-state index contributed by atoms with van der Waals surface area (Å²) >= 11 is 0. The van der Waals surface area contributed by atoms with E-state index in [-0.39, 0.29) is 17.7 Å². The first-order valence-corrected chi connectivity index (χ1v) is 9.10. The minimum absolute atomic E-state index is 0.00761. The molecule has 1 aliphatic carbocycles. The number of hydrogen-bond donors (Lipinski definition) is 2. The molecule has 2 amide bonds. The Morgan fingerprint density at radius 1 is 1.29 bits per heavy atom. The molecule has 0 saturated heterocycles. The third-order valence-corrected chi connectivity index (χ3v) is 4.93. The molecule has 1 saturated carbocycles. The number of halogens is 1. The Morgan fingerprint density at radius 2 is 2.07 bits per heavy atom. The molecule has 2 aromatic rings. The summed E-state index contributed by atoms with van der Waals surface area (Å²) in [6.07, 6.45) is 1.75. The Labute approximate surface area is 161 Å². The number of amides is 2. The molecule has 3 atom stereocenters. The number of carbonyl (C=O) groups excluding carboxylic acids is 2. The van der Waals surface area contributed by atoms with Gasteiger partial charge in [0.15, 0.2) is 0 Å². The van der Waals surface area contributed by atoms with Gasteiger partial charge in [0.1, 0.15) is 5.82 Å². The Kier molecular flexibility index (Phi) is 5.89. The number of rotatable bonds is 6. The molecule has 1 aliphatic rings. The molecule has 0 aliphatic heterocycles. The molecule has 148 valence electrons. The second kappa shape index (κ2) is 8.35. The fourth-order valence-corrected chi connectivity index (χ4v) is 3.54. The standard InChI is InChI=1S/C20H22FN3O4/c1-2-28-17-10-12(9-14(17)19(22)26)20(27)23-16-7-6-13(11-15(16)21)24-8-4-3-5-18(24)25/h3-8,11-12,14,17H,2,9-10H2,1H3,(H2,22,26)(H,23,27)/t12-,14+,17+/m1/s1. The number of benzene rings is 1. The van der Waals surface area contributed by atoms with Crippen LogP contribution >= 0.6 is 0 Å². The van der Waals surface area contributed by atoms with Crippen LogP contribution in [0, 0.1) is 17.7 Å². The Bertz CT molecular complexity index is 943. The van der Waals surface area contributed by atoms with Crippen LogP contribution in [0.3, 0.4) is 0 Å². The van der Waals surface area contributed by atoms with Crippen LogP contribution in [0.5, 0.6) is 0 Å². The van der Waals surface area contributed by atoms with Crippen LogP contribution in [0.15, 0.2) is 47.4 Å². The van der Waals surface area contributed by atoms with Crippen LogP contribution in [-0.2, 0) is 14.3 Å². The van der Waals surface area contributed by atoms with E-state index in [2.05, 4.69) is 5.32 Å². The molecule has 7 nitrogen and oxygen atoms in total. The second-order valence-electron chi connectivity index (χ2n) is 6.73. The summed E-state index contributed by atoms with van der Waals surface area (Å²) < 4.78 is 21.3. The van der Waals surface area contributed by atoms with Crippen molar-refractivity contribution in [3.05, 3.63) is 58.8 Å². The summed E-state index contributed by atoms with van der Waals surface area (Å²) in [4.78, 5) is 36.0. The second-order valence-corrected chi connectivity index (χ2v) is 6.73. The zero-order valence-corrected chi connectivity index (χ0v) is 15.4. The SMILES string of the molecule is CCO[C@H]1C[C@H](C(=O)Nc2ccc(-n3ccccc3=O)cc2F)C[C@@H]1C(N)=O. The smallest absolute Gasteiger partial charge is 0.255 e. The van der Waals surface area contributed by atoms with Crippen molar-refractivity contribution in [3.8, 4) is 5.69 Å². The van der Waals surface area contributed by atoms with Crippen molar-refractivity contribution in [3.63, 3.8) is 0 Å². The van der Waals surface area contributed by atoms with Gasteiger partial charge in [-0.1, -0.05) is 6.07 Å². The van der Waals surface area contributed by atoms with E-state index in [1.807, 2.05) is 0 Å². The maximum atomic E-state index is 14.5. The van der Waals surface area contributed by atoms with Gasteiger partial charge in [-0.05, 0) is 38.0 Å². The minimum atomic E-state index is -0.660.